The van der Waals surface area contributed by atoms with Crippen LogP contribution < -0.4 is 0 Å². The smallest absolute Gasteiger partial charge is 0.155 e. The number of nitrogens with zero attached hydrogens (tertiary/aromatic N) is 6. The van der Waals surface area contributed by atoms with Crippen LogP contribution in [0.15, 0.2) is 10.2 Å². The molecule has 14 heavy (non-hydrogen) atoms. The third kappa shape index (κ3) is 2.79. The van der Waals surface area contributed by atoms with Gasteiger partial charge in [-0.1, -0.05) is 10.2 Å². The molecule has 0 aromatic carbocycles. The van der Waals surface area contributed by atoms with Crippen molar-refractivity contribution in [3.05, 3.63) is 20.9 Å². The maximum Gasteiger partial charge on any atom is 0.155 e. The zero-order valence-electron chi connectivity index (χ0n) is 7.65. The van der Waals surface area contributed by atoms with E-state index in [2.05, 4.69) is 20.1 Å². The largest absolute Gasteiger partial charge is 0.347 e. The lowest BCUT2D eigenvalue weighted by Crippen LogP contribution is -2.27. The van der Waals surface area contributed by atoms with Crippen molar-refractivity contribution in [2.45, 2.75) is 25.4 Å². The van der Waals surface area contributed by atoms with Crippen LogP contribution in [0.3, 0.4) is 0 Å². The molecule has 0 bridgehead atoms. The summed E-state index contributed by atoms with van der Waals surface area (Å²) in [4.78, 5) is 5.25. The van der Waals surface area contributed by atoms with Crippen LogP contribution in [-0.4, -0.2) is 31.6 Å². The van der Waals surface area contributed by atoms with Crippen molar-refractivity contribution >= 4 is 0 Å². The Balaban J connectivity index is 2.52. The second kappa shape index (κ2) is 5.31. The molecule has 0 saturated carbocycles. The Hall–Kier alpha value is -1.46. The quantitative estimate of drug-likeness (QED) is 0.388. The average Bonchev–Trinajstić information content (AvgIpc) is 2.52. The summed E-state index contributed by atoms with van der Waals surface area (Å²) in [5.74, 6) is 0. The van der Waals surface area contributed by atoms with Gasteiger partial charge in [-0.2, -0.15) is 0 Å². The summed E-state index contributed by atoms with van der Waals surface area (Å²) in [5.41, 5.74) is 16.3. The predicted molar refractivity (Wildman–Crippen MR) is 47.2 cm³/mol. The Morgan fingerprint density at radius 3 is 1.86 bits per heavy atom. The van der Waals surface area contributed by atoms with E-state index in [4.69, 9.17) is 20.5 Å². The fourth-order valence-corrected chi connectivity index (χ4v) is 1.25. The summed E-state index contributed by atoms with van der Waals surface area (Å²) in [6.45, 7) is 2.11. The molecule has 0 aliphatic carbocycles. The molecule has 0 aromatic rings. The molecule has 8 heteroatoms. The standard InChI is InChI=1S/C6H10N6O2/c1-4-13-5(2-9-11-7)6(14-4)3-10-12-8/h4-6H,2-3H2,1H3/t5-,6-/m1/s1. The number of rotatable bonds is 4. The van der Waals surface area contributed by atoms with Crippen molar-refractivity contribution < 1.29 is 9.47 Å². The first-order valence-electron chi connectivity index (χ1n) is 4.10. The topological polar surface area (TPSA) is 116 Å². The average molecular weight is 198 g/mol. The molecule has 0 unspecified atom stereocenters. The highest BCUT2D eigenvalue weighted by Crippen LogP contribution is 2.19. The van der Waals surface area contributed by atoms with Gasteiger partial charge in [-0.25, -0.2) is 0 Å². The van der Waals surface area contributed by atoms with E-state index in [0.29, 0.717) is 0 Å². The fraction of sp³-hybridized carbons (Fsp3) is 1.00. The molecule has 2 atom stereocenters. The molecule has 8 nitrogen and oxygen atoms in total. The highest BCUT2D eigenvalue weighted by atomic mass is 16.7. The Morgan fingerprint density at radius 2 is 1.50 bits per heavy atom. The zero-order valence-corrected chi connectivity index (χ0v) is 7.65. The molecule has 1 aliphatic rings. The Morgan fingerprint density at radius 1 is 1.07 bits per heavy atom. The van der Waals surface area contributed by atoms with Gasteiger partial charge in [0.1, 0.15) is 0 Å². The third-order valence-electron chi connectivity index (χ3n) is 1.80. The molecule has 1 heterocycles. The monoisotopic (exact) mass is 198 g/mol. The second-order valence-corrected chi connectivity index (χ2v) is 2.74. The van der Waals surface area contributed by atoms with Crippen LogP contribution in [-0.2, 0) is 9.47 Å². The van der Waals surface area contributed by atoms with Crippen molar-refractivity contribution in [1.29, 1.82) is 0 Å². The van der Waals surface area contributed by atoms with Crippen molar-refractivity contribution in [1.82, 2.24) is 0 Å². The van der Waals surface area contributed by atoms with Gasteiger partial charge in [-0.3, -0.25) is 0 Å². The molecular formula is C6H10N6O2. The van der Waals surface area contributed by atoms with Crippen molar-refractivity contribution in [3.8, 4) is 0 Å². The van der Waals surface area contributed by atoms with E-state index in [1.165, 1.54) is 0 Å². The van der Waals surface area contributed by atoms with E-state index < -0.39 is 0 Å². The summed E-state index contributed by atoms with van der Waals surface area (Å²) in [6, 6.07) is 0. The lowest BCUT2D eigenvalue weighted by atomic mass is 10.2. The number of ether oxygens (including phenoxy) is 2. The maximum absolute atomic E-state index is 8.13. The molecule has 1 aliphatic heterocycles. The van der Waals surface area contributed by atoms with Crippen molar-refractivity contribution in [2.75, 3.05) is 13.1 Å². The highest BCUT2D eigenvalue weighted by molar-refractivity contribution is 4.80. The first-order valence-corrected chi connectivity index (χ1v) is 4.10. The fourth-order valence-electron chi connectivity index (χ4n) is 1.25. The van der Waals surface area contributed by atoms with Gasteiger partial charge < -0.3 is 9.47 Å². The van der Waals surface area contributed by atoms with Crippen LogP contribution in [0.4, 0.5) is 0 Å². The lowest BCUT2D eigenvalue weighted by molar-refractivity contribution is -0.0488. The predicted octanol–water partition coefficient (Wildman–Crippen LogP) is 1.74. The first-order chi connectivity index (χ1) is 6.77. The maximum atomic E-state index is 8.13. The summed E-state index contributed by atoms with van der Waals surface area (Å²) in [5, 5.41) is 6.77. The summed E-state index contributed by atoms with van der Waals surface area (Å²) >= 11 is 0. The first kappa shape index (κ1) is 10.6. The minimum Gasteiger partial charge on any atom is -0.347 e. The van der Waals surface area contributed by atoms with Gasteiger partial charge in [0.15, 0.2) is 6.29 Å². The highest BCUT2D eigenvalue weighted by Gasteiger charge is 2.32. The molecule has 1 fully saturated rings. The zero-order chi connectivity index (χ0) is 10.4. The number of hydrogen-bond acceptors (Lipinski definition) is 4. The van der Waals surface area contributed by atoms with Crippen LogP contribution in [0.2, 0.25) is 0 Å². The number of azide groups is 2. The Labute approximate surface area is 80.1 Å². The number of hydrogen-bond donors (Lipinski definition) is 0. The van der Waals surface area contributed by atoms with E-state index >= 15 is 0 Å². The molecule has 0 radical (unpaired) electrons. The summed E-state index contributed by atoms with van der Waals surface area (Å²) < 4.78 is 10.6. The van der Waals surface area contributed by atoms with Crippen molar-refractivity contribution in [3.63, 3.8) is 0 Å². The molecule has 0 spiro atoms. The SMILES string of the molecule is CC1O[C@H](CN=[N+]=[N-])[C@@H](CN=[N+]=[N-])O1. The molecule has 1 saturated heterocycles. The van der Waals surface area contributed by atoms with Crippen molar-refractivity contribution in [2.24, 2.45) is 10.2 Å². The normalized spacial score (nSPS) is 30.5. The summed E-state index contributed by atoms with van der Waals surface area (Å²) in [7, 11) is 0. The molecular weight excluding hydrogens is 188 g/mol. The third-order valence-corrected chi connectivity index (χ3v) is 1.80. The molecule has 0 N–H and O–H groups in total. The van der Waals surface area contributed by atoms with Gasteiger partial charge >= 0.3 is 0 Å². The Kier molecular flexibility index (Phi) is 4.03. The summed E-state index contributed by atoms with van der Waals surface area (Å²) in [6.07, 6.45) is -1.01. The Bertz CT molecular complexity index is 254. The molecule has 1 rings (SSSR count). The van der Waals surface area contributed by atoms with Gasteiger partial charge in [0, 0.05) is 9.82 Å². The van der Waals surface area contributed by atoms with Crippen LogP contribution in [0.25, 0.3) is 20.9 Å². The van der Waals surface area contributed by atoms with E-state index in [-0.39, 0.29) is 31.6 Å². The second-order valence-electron chi connectivity index (χ2n) is 2.74. The molecule has 76 valence electrons. The van der Waals surface area contributed by atoms with Gasteiger partial charge in [0.25, 0.3) is 0 Å². The minimum atomic E-state index is -0.354. The van der Waals surface area contributed by atoms with Gasteiger partial charge in [0.2, 0.25) is 0 Å². The van der Waals surface area contributed by atoms with E-state index in [0.717, 1.165) is 0 Å². The molecule has 0 aromatic heterocycles. The van der Waals surface area contributed by atoms with E-state index in [1.54, 1.807) is 6.92 Å². The van der Waals surface area contributed by atoms with Crippen LogP contribution in [0.5, 0.6) is 0 Å². The van der Waals surface area contributed by atoms with Gasteiger partial charge in [0.05, 0.1) is 25.3 Å². The van der Waals surface area contributed by atoms with E-state index in [9.17, 15) is 0 Å². The van der Waals surface area contributed by atoms with Crippen LogP contribution >= 0.6 is 0 Å². The minimum absolute atomic E-state index is 0.187. The lowest BCUT2D eigenvalue weighted by Gasteiger charge is -2.10. The van der Waals surface area contributed by atoms with Crippen LogP contribution in [0, 0.1) is 0 Å². The van der Waals surface area contributed by atoms with Gasteiger partial charge in [-0.05, 0) is 18.0 Å². The van der Waals surface area contributed by atoms with Crippen LogP contribution in [0.1, 0.15) is 6.92 Å². The molecule has 0 amide bonds. The van der Waals surface area contributed by atoms with E-state index in [1.807, 2.05) is 0 Å². The van der Waals surface area contributed by atoms with Gasteiger partial charge in [-0.15, -0.1) is 0 Å².